The molecule has 0 N–H and O–H groups in total. The number of carbonyl (C=O) groups excluding carboxylic acids is 1. The largest absolute Gasteiger partial charge is 0.364 e. The summed E-state index contributed by atoms with van der Waals surface area (Å²) >= 11 is 3.47. The predicted octanol–water partition coefficient (Wildman–Crippen LogP) is 3.81. The fourth-order valence-electron chi connectivity index (χ4n) is 2.01. The van der Waals surface area contributed by atoms with E-state index < -0.39 is 0 Å². The molecule has 0 aliphatic heterocycles. The molecule has 0 saturated heterocycles. The Labute approximate surface area is 110 Å². The topological polar surface area (TPSA) is 20.3 Å². The molecule has 1 aliphatic rings. The minimum atomic E-state index is 0.113. The van der Waals surface area contributed by atoms with Crippen molar-refractivity contribution in [3.8, 4) is 0 Å². The second-order valence-corrected chi connectivity index (χ2v) is 5.31. The number of nitrogens with zero attached hydrogens (tertiary/aromatic N) is 1. The van der Waals surface area contributed by atoms with E-state index in [0.717, 1.165) is 22.3 Å². The Balaban J connectivity index is 2.42. The van der Waals surface area contributed by atoms with Gasteiger partial charge in [0.15, 0.2) is 5.78 Å². The zero-order valence-corrected chi connectivity index (χ0v) is 11.5. The molecular weight excluding hydrogens is 278 g/mol. The molecule has 2 nitrogen and oxygen atoms in total. The summed E-state index contributed by atoms with van der Waals surface area (Å²) in [6.07, 6.45) is 4.30. The minimum absolute atomic E-state index is 0.113. The summed E-state index contributed by atoms with van der Waals surface area (Å²) in [5, 5.41) is 0. The monoisotopic (exact) mass is 293 g/mol. The van der Waals surface area contributed by atoms with Crippen LogP contribution in [-0.4, -0.2) is 18.4 Å². The molecule has 17 heavy (non-hydrogen) atoms. The third-order valence-corrected chi connectivity index (χ3v) is 3.46. The van der Waals surface area contributed by atoms with Crippen molar-refractivity contribution in [2.45, 2.75) is 25.8 Å². The molecule has 0 atom stereocenters. The average molecular weight is 294 g/mol. The molecule has 1 fully saturated rings. The summed E-state index contributed by atoms with van der Waals surface area (Å²) in [6, 6.07) is 6.40. The Kier molecular flexibility index (Phi) is 3.67. The van der Waals surface area contributed by atoms with Gasteiger partial charge in [-0.2, -0.15) is 0 Å². The molecular formula is C14H16BrNO. The van der Waals surface area contributed by atoms with E-state index in [1.165, 1.54) is 12.8 Å². The number of rotatable bonds is 5. The lowest BCUT2D eigenvalue weighted by Crippen LogP contribution is -2.27. The number of halogens is 1. The molecule has 0 spiro atoms. The summed E-state index contributed by atoms with van der Waals surface area (Å²) in [4.78, 5) is 13.9. The van der Waals surface area contributed by atoms with Crippen LogP contribution < -0.4 is 4.90 Å². The molecule has 0 radical (unpaired) electrons. The third-order valence-electron chi connectivity index (χ3n) is 2.96. The van der Waals surface area contributed by atoms with E-state index in [2.05, 4.69) is 27.4 Å². The number of Topliss-reactive ketones (excluding diaryl/α,β-unsaturated/α-hetero) is 1. The smallest absolute Gasteiger partial charge is 0.161 e. The van der Waals surface area contributed by atoms with E-state index in [9.17, 15) is 4.79 Å². The Morgan fingerprint density at radius 1 is 1.59 bits per heavy atom. The second-order valence-electron chi connectivity index (χ2n) is 4.39. The lowest BCUT2D eigenvalue weighted by atomic mass is 10.1. The normalized spacial score (nSPS) is 14.5. The molecule has 1 aliphatic carbocycles. The Hall–Kier alpha value is -1.09. The van der Waals surface area contributed by atoms with Crippen LogP contribution in [0, 0.1) is 0 Å². The van der Waals surface area contributed by atoms with Gasteiger partial charge in [-0.15, -0.1) is 6.58 Å². The molecule has 1 saturated carbocycles. The van der Waals surface area contributed by atoms with Crippen LogP contribution in [0.2, 0.25) is 0 Å². The first-order valence-corrected chi connectivity index (χ1v) is 6.61. The van der Waals surface area contributed by atoms with Crippen LogP contribution in [0.3, 0.4) is 0 Å². The molecule has 1 aromatic carbocycles. The van der Waals surface area contributed by atoms with Gasteiger partial charge in [-0.05, 0) is 38.0 Å². The van der Waals surface area contributed by atoms with E-state index in [1.54, 1.807) is 6.92 Å². The fourth-order valence-corrected chi connectivity index (χ4v) is 2.36. The highest BCUT2D eigenvalue weighted by Crippen LogP contribution is 2.35. The molecule has 0 bridgehead atoms. The highest BCUT2D eigenvalue weighted by atomic mass is 79.9. The minimum Gasteiger partial charge on any atom is -0.364 e. The first-order valence-electron chi connectivity index (χ1n) is 5.81. The molecule has 0 amide bonds. The van der Waals surface area contributed by atoms with E-state index >= 15 is 0 Å². The number of benzene rings is 1. The summed E-state index contributed by atoms with van der Waals surface area (Å²) < 4.78 is 1.01. The van der Waals surface area contributed by atoms with Crippen LogP contribution in [0.15, 0.2) is 35.3 Å². The standard InChI is InChI=1S/C14H16BrNO/c1-3-8-16(12-5-6-12)14-9-11(15)4-7-13(14)10(2)17/h3-4,7,9,12H,1,5-6,8H2,2H3. The van der Waals surface area contributed by atoms with Crippen molar-refractivity contribution in [1.29, 1.82) is 0 Å². The Morgan fingerprint density at radius 2 is 2.29 bits per heavy atom. The van der Waals surface area contributed by atoms with Crippen LogP contribution in [0.1, 0.15) is 30.1 Å². The number of hydrogen-bond acceptors (Lipinski definition) is 2. The second kappa shape index (κ2) is 5.05. The molecule has 0 unspecified atom stereocenters. The maximum Gasteiger partial charge on any atom is 0.161 e. The van der Waals surface area contributed by atoms with Crippen molar-refractivity contribution in [2.24, 2.45) is 0 Å². The third kappa shape index (κ3) is 2.78. The molecule has 0 aromatic heterocycles. The van der Waals surface area contributed by atoms with Crippen LogP contribution >= 0.6 is 15.9 Å². The lowest BCUT2D eigenvalue weighted by molar-refractivity contribution is 0.101. The summed E-state index contributed by atoms with van der Waals surface area (Å²) in [5.74, 6) is 0.113. The van der Waals surface area contributed by atoms with Gasteiger partial charge in [0, 0.05) is 28.3 Å². The van der Waals surface area contributed by atoms with Crippen LogP contribution in [0.25, 0.3) is 0 Å². The Bertz CT molecular complexity index is 452. The van der Waals surface area contributed by atoms with Gasteiger partial charge in [0.2, 0.25) is 0 Å². The van der Waals surface area contributed by atoms with Crippen molar-refractivity contribution < 1.29 is 4.79 Å². The zero-order chi connectivity index (χ0) is 12.4. The van der Waals surface area contributed by atoms with Crippen LogP contribution in [-0.2, 0) is 0 Å². The first kappa shape index (κ1) is 12.4. The average Bonchev–Trinajstić information content (AvgIpc) is 3.09. The number of ketones is 1. The quantitative estimate of drug-likeness (QED) is 0.608. The van der Waals surface area contributed by atoms with Gasteiger partial charge < -0.3 is 4.90 Å². The van der Waals surface area contributed by atoms with Crippen molar-refractivity contribution in [3.63, 3.8) is 0 Å². The maximum atomic E-state index is 11.7. The van der Waals surface area contributed by atoms with E-state index in [-0.39, 0.29) is 5.78 Å². The SMILES string of the molecule is C=CCN(c1cc(Br)ccc1C(C)=O)C1CC1. The summed E-state index contributed by atoms with van der Waals surface area (Å²) in [7, 11) is 0. The van der Waals surface area contributed by atoms with Gasteiger partial charge in [-0.3, -0.25) is 4.79 Å². The van der Waals surface area contributed by atoms with Crippen LogP contribution in [0.5, 0.6) is 0 Å². The van der Waals surface area contributed by atoms with E-state index in [4.69, 9.17) is 0 Å². The lowest BCUT2D eigenvalue weighted by Gasteiger charge is -2.25. The highest BCUT2D eigenvalue weighted by molar-refractivity contribution is 9.10. The van der Waals surface area contributed by atoms with Gasteiger partial charge in [-0.1, -0.05) is 22.0 Å². The van der Waals surface area contributed by atoms with E-state index in [1.807, 2.05) is 24.3 Å². The van der Waals surface area contributed by atoms with Gasteiger partial charge in [0.25, 0.3) is 0 Å². The number of carbonyl (C=O) groups is 1. The van der Waals surface area contributed by atoms with Gasteiger partial charge >= 0.3 is 0 Å². The summed E-state index contributed by atoms with van der Waals surface area (Å²) in [6.45, 7) is 6.20. The number of hydrogen-bond donors (Lipinski definition) is 0. The maximum absolute atomic E-state index is 11.7. The highest BCUT2D eigenvalue weighted by Gasteiger charge is 2.30. The molecule has 2 rings (SSSR count). The van der Waals surface area contributed by atoms with Gasteiger partial charge in [0.1, 0.15) is 0 Å². The van der Waals surface area contributed by atoms with E-state index in [0.29, 0.717) is 6.04 Å². The van der Waals surface area contributed by atoms with Crippen molar-refractivity contribution in [2.75, 3.05) is 11.4 Å². The molecule has 0 heterocycles. The summed E-state index contributed by atoms with van der Waals surface area (Å²) in [5.41, 5.74) is 1.82. The van der Waals surface area contributed by atoms with Crippen molar-refractivity contribution >= 4 is 27.4 Å². The van der Waals surface area contributed by atoms with Gasteiger partial charge in [0.05, 0.1) is 0 Å². The molecule has 90 valence electrons. The van der Waals surface area contributed by atoms with Crippen LogP contribution in [0.4, 0.5) is 5.69 Å². The van der Waals surface area contributed by atoms with Crippen molar-refractivity contribution in [1.82, 2.24) is 0 Å². The van der Waals surface area contributed by atoms with Gasteiger partial charge in [-0.25, -0.2) is 0 Å². The predicted molar refractivity (Wildman–Crippen MR) is 74.7 cm³/mol. The first-order chi connectivity index (χ1) is 8.13. The fraction of sp³-hybridized carbons (Fsp3) is 0.357. The Morgan fingerprint density at radius 3 is 2.82 bits per heavy atom. The van der Waals surface area contributed by atoms with Crippen molar-refractivity contribution in [3.05, 3.63) is 40.9 Å². The zero-order valence-electron chi connectivity index (χ0n) is 9.95. The molecule has 3 heteroatoms. The molecule has 1 aromatic rings. The number of anilines is 1.